The summed E-state index contributed by atoms with van der Waals surface area (Å²) in [5, 5.41) is 0. The molecule has 0 aliphatic carbocycles. The van der Waals surface area contributed by atoms with Crippen molar-refractivity contribution in [3.05, 3.63) is 23.6 Å². The van der Waals surface area contributed by atoms with Gasteiger partial charge in [-0.15, -0.1) is 0 Å². The van der Waals surface area contributed by atoms with Crippen LogP contribution in [0, 0.1) is 0 Å². The van der Waals surface area contributed by atoms with Gasteiger partial charge in [0.1, 0.15) is 6.34 Å². The van der Waals surface area contributed by atoms with E-state index < -0.39 is 0 Å². The van der Waals surface area contributed by atoms with Crippen LogP contribution >= 0.6 is 34.6 Å². The van der Waals surface area contributed by atoms with Gasteiger partial charge < -0.3 is 0 Å². The number of nitrogens with zero attached hydrogens (tertiary/aromatic N) is 2. The third kappa shape index (κ3) is 7.80. The zero-order chi connectivity index (χ0) is 8.53. The Morgan fingerprint density at radius 1 is 1.64 bits per heavy atom. The Morgan fingerprint density at radius 2 is 2.36 bits per heavy atom. The van der Waals surface area contributed by atoms with Crippen LogP contribution in [0.3, 0.4) is 0 Å². The van der Waals surface area contributed by atoms with Crippen LogP contribution in [0.25, 0.3) is 0 Å². The maximum atomic E-state index is 3.88. The normalized spacial score (nSPS) is 13.1. The lowest BCUT2D eigenvalue weighted by Crippen LogP contribution is -1.68. The van der Waals surface area contributed by atoms with Gasteiger partial charge in [0, 0.05) is 0 Å². The minimum absolute atomic E-state index is 1.16. The van der Waals surface area contributed by atoms with E-state index >= 15 is 0 Å². The van der Waals surface area contributed by atoms with Gasteiger partial charge in [-0.25, -0.2) is 8.20 Å². The molecule has 0 aliphatic heterocycles. The lowest BCUT2D eigenvalue weighted by atomic mass is 10.5. The molecule has 4 heteroatoms. The Balaban J connectivity index is 3.69. The van der Waals surface area contributed by atoms with Crippen LogP contribution < -0.4 is 0 Å². The van der Waals surface area contributed by atoms with Crippen molar-refractivity contribution >= 4 is 46.5 Å². The molecule has 0 aliphatic rings. The number of thioether (sulfide) groups is 1. The number of rotatable bonds is 4. The zero-order valence-electron chi connectivity index (χ0n) is 6.20. The van der Waals surface area contributed by atoms with Gasteiger partial charge in [-0.05, 0) is 11.8 Å². The summed E-state index contributed by atoms with van der Waals surface area (Å²) in [6.45, 7) is 5.58. The van der Waals surface area contributed by atoms with E-state index in [2.05, 4.69) is 14.8 Å². The molecule has 0 saturated heterocycles. The van der Waals surface area contributed by atoms with Gasteiger partial charge in [0.05, 0.1) is 28.4 Å². The smallest absolute Gasteiger partial charge is 0.122 e. The molecule has 11 heavy (non-hydrogen) atoms. The second-order valence-corrected chi connectivity index (χ2v) is 3.25. The molecule has 60 valence electrons. The molecule has 0 amide bonds. The second kappa shape index (κ2) is 8.00. The quantitative estimate of drug-likeness (QED) is 0.336. The Bertz CT molecular complexity index is 197. The molecule has 0 fully saturated rings. The first-order valence-electron chi connectivity index (χ1n) is 2.91. The molecule has 0 rings (SSSR count). The molecule has 0 aromatic carbocycles. The maximum Gasteiger partial charge on any atom is 0.122 e. The van der Waals surface area contributed by atoms with Crippen molar-refractivity contribution in [1.29, 1.82) is 0 Å². The summed E-state index contributed by atoms with van der Waals surface area (Å²) in [6.07, 6.45) is 5.18. The fourth-order valence-electron chi connectivity index (χ4n) is 0.371. The minimum atomic E-state index is 1.16. The second-order valence-electron chi connectivity index (χ2n) is 1.60. The van der Waals surface area contributed by atoms with Crippen molar-refractivity contribution in [1.82, 2.24) is 0 Å². The lowest BCUT2D eigenvalue weighted by Gasteiger charge is -1.88. The van der Waals surface area contributed by atoms with Gasteiger partial charge in [-0.3, -0.25) is 0 Å². The van der Waals surface area contributed by atoms with E-state index in [-0.39, 0.29) is 0 Å². The van der Waals surface area contributed by atoms with E-state index in [0.29, 0.717) is 0 Å². The monoisotopic (exact) mass is 280 g/mol. The number of halogens is 1. The van der Waals surface area contributed by atoms with Gasteiger partial charge in [0.25, 0.3) is 0 Å². The van der Waals surface area contributed by atoms with Crippen LogP contribution in [0.4, 0.5) is 0 Å². The Labute approximate surface area is 85.1 Å². The summed E-state index contributed by atoms with van der Waals surface area (Å²) >= 11 is 3.42. The van der Waals surface area contributed by atoms with E-state index in [1.54, 1.807) is 23.4 Å². The summed E-state index contributed by atoms with van der Waals surface area (Å²) in [5.41, 5.74) is 1.73. The molecule has 0 spiro atoms. The molecular weight excluding hydrogens is 271 g/mol. The molecule has 0 aromatic heterocycles. The number of hydrogen-bond acceptors (Lipinski definition) is 2. The molecule has 0 saturated carbocycles. The predicted octanol–water partition coefficient (Wildman–Crippen LogP) is 3.22. The highest BCUT2D eigenvalue weighted by atomic mass is 127. The van der Waals surface area contributed by atoms with Crippen LogP contribution in [-0.4, -0.2) is 11.9 Å². The zero-order valence-corrected chi connectivity index (χ0v) is 9.17. The van der Waals surface area contributed by atoms with Crippen LogP contribution in [0.5, 0.6) is 0 Å². The number of allylic oxidation sites excluding steroid dienone is 3. The first-order valence-corrected chi connectivity index (χ1v) is 4.76. The molecule has 0 atom stereocenters. The predicted molar refractivity (Wildman–Crippen MR) is 62.5 cm³/mol. The van der Waals surface area contributed by atoms with Gasteiger partial charge >= 0.3 is 0 Å². The van der Waals surface area contributed by atoms with Crippen LogP contribution in [0.2, 0.25) is 0 Å². The Hall–Kier alpha value is -0.100. The first-order chi connectivity index (χ1) is 5.31. The standard InChI is InChI=1S/C7H9IN2S/c1-3-4-7(2)11-6-9-5-10-8/h3-6H,1H2,2H3/b7-4+,9-6-,10-5+. The number of aliphatic imine (C=N–C) groups is 1. The molecule has 0 bridgehead atoms. The van der Waals surface area contributed by atoms with E-state index in [1.807, 2.05) is 35.9 Å². The van der Waals surface area contributed by atoms with Gasteiger partial charge in [0.15, 0.2) is 0 Å². The van der Waals surface area contributed by atoms with E-state index in [1.165, 1.54) is 6.34 Å². The fourth-order valence-corrected chi connectivity index (χ4v) is 0.971. The van der Waals surface area contributed by atoms with Crippen LogP contribution in [0.1, 0.15) is 6.92 Å². The summed E-state index contributed by atoms with van der Waals surface area (Å²) in [4.78, 5) is 5.03. The Kier molecular flexibility index (Phi) is 7.93. The first kappa shape index (κ1) is 10.9. The van der Waals surface area contributed by atoms with E-state index in [4.69, 9.17) is 0 Å². The number of hydrogen-bond donors (Lipinski definition) is 0. The van der Waals surface area contributed by atoms with Gasteiger partial charge in [-0.1, -0.05) is 30.5 Å². The molecule has 0 heterocycles. The summed E-state index contributed by atoms with van der Waals surface area (Å²) in [5.74, 6) is 0. The van der Waals surface area contributed by atoms with Crippen LogP contribution in [0.15, 0.2) is 31.8 Å². The molecular formula is C7H9IN2S. The summed E-state index contributed by atoms with van der Waals surface area (Å²) in [7, 11) is 0. The van der Waals surface area contributed by atoms with Crippen molar-refractivity contribution in [2.75, 3.05) is 0 Å². The molecule has 0 N–H and O–H groups in total. The van der Waals surface area contributed by atoms with Gasteiger partial charge in [-0.2, -0.15) is 0 Å². The summed E-state index contributed by atoms with van der Waals surface area (Å²) in [6, 6.07) is 0. The third-order valence-corrected chi connectivity index (χ3v) is 1.75. The summed E-state index contributed by atoms with van der Waals surface area (Å²) < 4.78 is 3.67. The topological polar surface area (TPSA) is 24.7 Å². The van der Waals surface area contributed by atoms with Crippen molar-refractivity contribution < 1.29 is 0 Å². The fraction of sp³-hybridized carbons (Fsp3) is 0.143. The van der Waals surface area contributed by atoms with Gasteiger partial charge in [0.2, 0.25) is 0 Å². The molecule has 0 radical (unpaired) electrons. The third-order valence-electron chi connectivity index (χ3n) is 0.762. The highest BCUT2D eigenvalue weighted by Crippen LogP contribution is 2.10. The van der Waals surface area contributed by atoms with E-state index in [0.717, 1.165) is 4.91 Å². The average Bonchev–Trinajstić information content (AvgIpc) is 1.99. The average molecular weight is 280 g/mol. The van der Waals surface area contributed by atoms with Crippen molar-refractivity contribution in [3.8, 4) is 0 Å². The van der Waals surface area contributed by atoms with Crippen LogP contribution in [-0.2, 0) is 0 Å². The van der Waals surface area contributed by atoms with Crippen molar-refractivity contribution in [2.24, 2.45) is 8.20 Å². The maximum absolute atomic E-state index is 3.88. The van der Waals surface area contributed by atoms with Crippen molar-refractivity contribution in [3.63, 3.8) is 0 Å². The highest BCUT2D eigenvalue weighted by molar-refractivity contribution is 14.1. The van der Waals surface area contributed by atoms with E-state index in [9.17, 15) is 0 Å². The minimum Gasteiger partial charge on any atom is -0.237 e. The molecule has 0 unspecified atom stereocenters. The largest absolute Gasteiger partial charge is 0.237 e. The Morgan fingerprint density at radius 3 is 2.91 bits per heavy atom. The molecule has 2 nitrogen and oxygen atoms in total. The lowest BCUT2D eigenvalue weighted by molar-refractivity contribution is 1.68. The highest BCUT2D eigenvalue weighted by Gasteiger charge is 1.81. The molecule has 0 aromatic rings. The SMILES string of the molecule is C=C/C=C(\C)S/C=N\C=N\I. The van der Waals surface area contributed by atoms with Crippen molar-refractivity contribution in [2.45, 2.75) is 6.92 Å².